The van der Waals surface area contributed by atoms with E-state index in [2.05, 4.69) is 56.6 Å². The van der Waals surface area contributed by atoms with E-state index in [9.17, 15) is 0 Å². The van der Waals surface area contributed by atoms with Gasteiger partial charge in [0.05, 0.1) is 12.3 Å². The van der Waals surface area contributed by atoms with Gasteiger partial charge in [0.2, 0.25) is 0 Å². The lowest BCUT2D eigenvalue weighted by molar-refractivity contribution is 0.193. The zero-order valence-corrected chi connectivity index (χ0v) is 14.6. The van der Waals surface area contributed by atoms with E-state index in [1.165, 1.54) is 5.56 Å². The van der Waals surface area contributed by atoms with E-state index < -0.39 is 0 Å². The summed E-state index contributed by atoms with van der Waals surface area (Å²) in [6.07, 6.45) is 5.05. The Morgan fingerprint density at radius 3 is 2.68 bits per heavy atom. The molecule has 0 amide bonds. The second kappa shape index (κ2) is 7.93. The smallest absolute Gasteiger partial charge is 0.129 e. The number of aromatic nitrogens is 2. The molecule has 0 spiro atoms. The van der Waals surface area contributed by atoms with Gasteiger partial charge < -0.3 is 10.1 Å². The highest BCUT2D eigenvalue weighted by Crippen LogP contribution is 2.25. The molecular weight excluding hydrogens is 312 g/mol. The van der Waals surface area contributed by atoms with Crippen molar-refractivity contribution in [1.29, 1.82) is 0 Å². The van der Waals surface area contributed by atoms with E-state index in [1.807, 2.05) is 0 Å². The summed E-state index contributed by atoms with van der Waals surface area (Å²) in [7, 11) is 0. The third-order valence-corrected chi connectivity index (χ3v) is 5.22. The Balaban J connectivity index is 1.29. The topological polar surface area (TPSA) is 50.3 Å². The first-order chi connectivity index (χ1) is 12.4. The number of benzene rings is 1. The molecule has 1 aromatic heterocycles. The molecule has 1 atom stereocenters. The monoisotopic (exact) mass is 338 g/mol. The van der Waals surface area contributed by atoms with E-state index in [0.717, 1.165) is 63.6 Å². The number of nitrogens with one attached hydrogen (secondary N) is 1. The molecule has 2 fully saturated rings. The molecule has 25 heavy (non-hydrogen) atoms. The first-order valence-corrected chi connectivity index (χ1v) is 9.29. The summed E-state index contributed by atoms with van der Waals surface area (Å²) in [6.45, 7) is 4.93. The predicted molar refractivity (Wildman–Crippen MR) is 98.6 cm³/mol. The van der Waals surface area contributed by atoms with Crippen molar-refractivity contribution in [1.82, 2.24) is 14.9 Å². The van der Waals surface area contributed by atoms with E-state index >= 15 is 0 Å². The van der Waals surface area contributed by atoms with Gasteiger partial charge in [-0.3, -0.25) is 4.90 Å². The van der Waals surface area contributed by atoms with Crippen LogP contribution in [-0.2, 0) is 11.3 Å². The number of rotatable bonds is 5. The maximum Gasteiger partial charge on any atom is 0.129 e. The first kappa shape index (κ1) is 16.5. The van der Waals surface area contributed by atoms with Gasteiger partial charge in [-0.15, -0.1) is 0 Å². The number of ether oxygens (including phenoxy) is 1. The quantitative estimate of drug-likeness (QED) is 0.908. The van der Waals surface area contributed by atoms with Gasteiger partial charge in [0.1, 0.15) is 12.1 Å². The molecule has 0 radical (unpaired) electrons. The van der Waals surface area contributed by atoms with Crippen molar-refractivity contribution in [2.75, 3.05) is 31.6 Å². The van der Waals surface area contributed by atoms with Crippen molar-refractivity contribution in [2.24, 2.45) is 0 Å². The largest absolute Gasteiger partial charge is 0.381 e. The lowest BCUT2D eigenvalue weighted by Crippen LogP contribution is -2.38. The molecule has 132 valence electrons. The van der Waals surface area contributed by atoms with Crippen molar-refractivity contribution in [3.63, 3.8) is 0 Å². The van der Waals surface area contributed by atoms with Crippen LogP contribution >= 0.6 is 0 Å². The highest BCUT2D eigenvalue weighted by Gasteiger charge is 2.22. The normalized spacial score (nSPS) is 22.2. The minimum Gasteiger partial charge on any atom is -0.381 e. The van der Waals surface area contributed by atoms with Gasteiger partial charge in [0.25, 0.3) is 0 Å². The van der Waals surface area contributed by atoms with Crippen LogP contribution in [-0.4, -0.2) is 47.2 Å². The predicted octanol–water partition coefficient (Wildman–Crippen LogP) is 3.06. The van der Waals surface area contributed by atoms with E-state index in [-0.39, 0.29) is 0 Å². The molecule has 2 aliphatic rings. The summed E-state index contributed by atoms with van der Waals surface area (Å²) in [5, 5.41) is 3.61. The lowest BCUT2D eigenvalue weighted by Gasteiger charge is -2.32. The van der Waals surface area contributed by atoms with Crippen LogP contribution in [0, 0.1) is 0 Å². The number of hydrogen-bond donors (Lipinski definition) is 1. The van der Waals surface area contributed by atoms with E-state index in [4.69, 9.17) is 4.74 Å². The molecular formula is C20H26N4O. The van der Waals surface area contributed by atoms with Crippen LogP contribution in [0.15, 0.2) is 42.7 Å². The third kappa shape index (κ3) is 4.35. The molecule has 5 heteroatoms. The van der Waals surface area contributed by atoms with Crippen molar-refractivity contribution >= 4 is 5.82 Å². The maximum atomic E-state index is 5.48. The summed E-state index contributed by atoms with van der Waals surface area (Å²) in [5.41, 5.74) is 2.50. The number of hydrogen-bond acceptors (Lipinski definition) is 5. The fraction of sp³-hybridized carbons (Fsp3) is 0.500. The Morgan fingerprint density at radius 1 is 1.08 bits per heavy atom. The Kier molecular flexibility index (Phi) is 5.23. The first-order valence-electron chi connectivity index (χ1n) is 9.29. The Bertz CT molecular complexity index is 664. The highest BCUT2D eigenvalue weighted by atomic mass is 16.5. The fourth-order valence-corrected chi connectivity index (χ4v) is 3.73. The van der Waals surface area contributed by atoms with Crippen molar-refractivity contribution in [3.05, 3.63) is 54.0 Å². The van der Waals surface area contributed by atoms with E-state index in [1.54, 1.807) is 6.33 Å². The summed E-state index contributed by atoms with van der Waals surface area (Å²) in [4.78, 5) is 11.4. The van der Waals surface area contributed by atoms with Gasteiger partial charge in [-0.2, -0.15) is 0 Å². The van der Waals surface area contributed by atoms with Crippen LogP contribution in [0.4, 0.5) is 5.82 Å². The zero-order chi connectivity index (χ0) is 16.9. The number of likely N-dealkylation sites (tertiary alicyclic amines) is 1. The van der Waals surface area contributed by atoms with Crippen LogP contribution in [0.25, 0.3) is 0 Å². The van der Waals surface area contributed by atoms with E-state index in [0.29, 0.717) is 12.0 Å². The second-order valence-corrected chi connectivity index (χ2v) is 7.07. The summed E-state index contributed by atoms with van der Waals surface area (Å²) in [6, 6.07) is 13.3. The molecule has 4 rings (SSSR count). The Morgan fingerprint density at radius 2 is 1.92 bits per heavy atom. The van der Waals surface area contributed by atoms with Gasteiger partial charge in [-0.25, -0.2) is 9.97 Å². The number of nitrogens with zero attached hydrogens (tertiary/aromatic N) is 3. The molecule has 2 saturated heterocycles. The fourth-order valence-electron chi connectivity index (χ4n) is 3.73. The van der Waals surface area contributed by atoms with Gasteiger partial charge >= 0.3 is 0 Å². The maximum absolute atomic E-state index is 5.48. The average molecular weight is 338 g/mol. The zero-order valence-electron chi connectivity index (χ0n) is 14.6. The second-order valence-electron chi connectivity index (χ2n) is 7.07. The minimum atomic E-state index is 0.427. The number of anilines is 1. The van der Waals surface area contributed by atoms with Crippen LogP contribution in [0.5, 0.6) is 0 Å². The summed E-state index contributed by atoms with van der Waals surface area (Å²) >= 11 is 0. The van der Waals surface area contributed by atoms with Gasteiger partial charge in [-0.05, 0) is 24.8 Å². The molecule has 5 nitrogen and oxygen atoms in total. The molecule has 1 unspecified atom stereocenters. The lowest BCUT2D eigenvalue weighted by atomic mass is 10.0. The molecule has 1 aromatic carbocycles. The third-order valence-electron chi connectivity index (χ3n) is 5.22. The number of piperidine rings is 1. The molecule has 2 aliphatic heterocycles. The van der Waals surface area contributed by atoms with Crippen LogP contribution in [0.3, 0.4) is 0 Å². The minimum absolute atomic E-state index is 0.427. The molecule has 2 aromatic rings. The van der Waals surface area contributed by atoms with Gasteiger partial charge in [-0.1, -0.05) is 30.3 Å². The summed E-state index contributed by atoms with van der Waals surface area (Å²) in [5.74, 6) is 1.38. The van der Waals surface area contributed by atoms with Crippen molar-refractivity contribution in [2.45, 2.75) is 37.8 Å². The van der Waals surface area contributed by atoms with Crippen LogP contribution < -0.4 is 5.32 Å². The van der Waals surface area contributed by atoms with Gasteiger partial charge in [0, 0.05) is 44.3 Å². The van der Waals surface area contributed by atoms with Crippen molar-refractivity contribution < 1.29 is 4.74 Å². The SMILES string of the molecule is c1ccc(CN2CCC(Nc3cc(C4CCOC4)ncn3)CC2)cc1. The average Bonchev–Trinajstić information content (AvgIpc) is 3.19. The Hall–Kier alpha value is -1.98. The standard InChI is InChI=1S/C20H26N4O/c1-2-4-16(5-3-1)13-24-9-6-18(7-10-24)23-20-12-19(21-15-22-20)17-8-11-25-14-17/h1-5,12,15,17-18H,6-11,13-14H2,(H,21,22,23). The molecule has 3 heterocycles. The van der Waals surface area contributed by atoms with Crippen molar-refractivity contribution in [3.8, 4) is 0 Å². The summed E-state index contributed by atoms with van der Waals surface area (Å²) < 4.78 is 5.48. The molecule has 0 saturated carbocycles. The Labute approximate surface area is 149 Å². The highest BCUT2D eigenvalue weighted by molar-refractivity contribution is 5.37. The van der Waals surface area contributed by atoms with Crippen LogP contribution in [0.2, 0.25) is 0 Å². The van der Waals surface area contributed by atoms with Gasteiger partial charge in [0.15, 0.2) is 0 Å². The molecule has 0 bridgehead atoms. The van der Waals surface area contributed by atoms with Crippen LogP contribution in [0.1, 0.15) is 36.4 Å². The molecule has 0 aliphatic carbocycles. The molecule has 1 N–H and O–H groups in total.